The van der Waals surface area contributed by atoms with Gasteiger partial charge in [-0.25, -0.2) is 4.79 Å². The zero-order valence-corrected chi connectivity index (χ0v) is 8.54. The summed E-state index contributed by atoms with van der Waals surface area (Å²) < 4.78 is 41.9. The van der Waals surface area contributed by atoms with Gasteiger partial charge >= 0.3 is 12.3 Å². The second kappa shape index (κ2) is 4.26. The zero-order valence-electron chi connectivity index (χ0n) is 8.54. The molecule has 0 spiro atoms. The summed E-state index contributed by atoms with van der Waals surface area (Å²) in [6.07, 6.45) is -5.03. The number of alkyl halides is 3. The lowest BCUT2D eigenvalue weighted by Gasteiger charge is -2.39. The van der Waals surface area contributed by atoms with Gasteiger partial charge in [0, 0.05) is 19.6 Å². The first-order valence-corrected chi connectivity index (χ1v) is 4.46. The number of ether oxygens (including phenoxy) is 1. The van der Waals surface area contributed by atoms with E-state index in [1.807, 2.05) is 0 Å². The molecule has 0 aromatic carbocycles. The van der Waals surface area contributed by atoms with E-state index in [0.717, 1.165) is 12.0 Å². The van der Waals surface area contributed by atoms with E-state index in [1.54, 1.807) is 0 Å². The van der Waals surface area contributed by atoms with E-state index in [-0.39, 0.29) is 19.6 Å². The van der Waals surface area contributed by atoms with Gasteiger partial charge in [0.2, 0.25) is 0 Å². The van der Waals surface area contributed by atoms with Gasteiger partial charge in [0.25, 0.3) is 0 Å². The van der Waals surface area contributed by atoms with Crippen molar-refractivity contribution in [1.29, 1.82) is 0 Å². The predicted molar refractivity (Wildman–Crippen MR) is 46.5 cm³/mol. The molecular weight excluding hydrogens is 213 g/mol. The second-order valence-corrected chi connectivity index (χ2v) is 3.45. The molecular formula is C8H13F3N2O2. The van der Waals surface area contributed by atoms with Crippen molar-refractivity contribution in [3.63, 3.8) is 0 Å². The van der Waals surface area contributed by atoms with Crippen LogP contribution < -0.4 is 0 Å². The summed E-state index contributed by atoms with van der Waals surface area (Å²) in [6.45, 7) is 0.0850. The maximum absolute atomic E-state index is 12.5. The molecule has 1 atom stereocenters. The Labute approximate surface area is 85.6 Å². The summed E-state index contributed by atoms with van der Waals surface area (Å²) in [6, 6.07) is -1.61. The van der Waals surface area contributed by atoms with Crippen LogP contribution in [0.4, 0.5) is 18.0 Å². The Morgan fingerprint density at radius 1 is 1.40 bits per heavy atom. The summed E-state index contributed by atoms with van der Waals surface area (Å²) in [7, 11) is 2.55. The minimum atomic E-state index is -4.32. The van der Waals surface area contributed by atoms with E-state index in [4.69, 9.17) is 0 Å². The number of carbonyl (C=O) groups excluding carboxylic acids is 1. The van der Waals surface area contributed by atoms with Gasteiger partial charge in [0.15, 0.2) is 0 Å². The number of methoxy groups -OCH3 is 1. The minimum absolute atomic E-state index is 0.194. The van der Waals surface area contributed by atoms with Crippen molar-refractivity contribution in [3.8, 4) is 0 Å². The summed E-state index contributed by atoms with van der Waals surface area (Å²) in [4.78, 5) is 13.3. The van der Waals surface area contributed by atoms with E-state index in [1.165, 1.54) is 11.9 Å². The van der Waals surface area contributed by atoms with Crippen LogP contribution in [0.15, 0.2) is 0 Å². The largest absolute Gasteiger partial charge is 0.453 e. The maximum atomic E-state index is 12.5. The lowest BCUT2D eigenvalue weighted by molar-refractivity contribution is -0.190. The van der Waals surface area contributed by atoms with E-state index >= 15 is 0 Å². The monoisotopic (exact) mass is 226 g/mol. The Morgan fingerprint density at radius 3 is 2.47 bits per heavy atom. The molecule has 7 heteroatoms. The molecule has 0 bridgehead atoms. The number of nitrogens with zero attached hydrogens (tertiary/aromatic N) is 2. The number of hydrogen-bond acceptors (Lipinski definition) is 3. The Morgan fingerprint density at radius 2 is 2.00 bits per heavy atom. The third-order valence-corrected chi connectivity index (χ3v) is 2.46. The highest BCUT2D eigenvalue weighted by Crippen LogP contribution is 2.26. The van der Waals surface area contributed by atoms with E-state index in [2.05, 4.69) is 4.74 Å². The zero-order chi connectivity index (χ0) is 11.6. The van der Waals surface area contributed by atoms with Gasteiger partial charge in [-0.1, -0.05) is 0 Å². The van der Waals surface area contributed by atoms with Crippen molar-refractivity contribution >= 4 is 6.09 Å². The summed E-state index contributed by atoms with van der Waals surface area (Å²) in [5.41, 5.74) is 0. The second-order valence-electron chi connectivity index (χ2n) is 3.45. The first kappa shape index (κ1) is 12.1. The summed E-state index contributed by atoms with van der Waals surface area (Å²) in [5, 5.41) is 0. The van der Waals surface area contributed by atoms with Crippen LogP contribution in [0.1, 0.15) is 0 Å². The Kier molecular flexibility index (Phi) is 3.43. The Bertz CT molecular complexity index is 245. The van der Waals surface area contributed by atoms with Gasteiger partial charge in [-0.15, -0.1) is 0 Å². The average molecular weight is 226 g/mol. The van der Waals surface area contributed by atoms with Crippen LogP contribution in [0.5, 0.6) is 0 Å². The average Bonchev–Trinajstić information content (AvgIpc) is 2.15. The van der Waals surface area contributed by atoms with Gasteiger partial charge in [-0.05, 0) is 7.05 Å². The molecule has 0 N–H and O–H groups in total. The smallest absolute Gasteiger partial charge is 0.409 e. The van der Waals surface area contributed by atoms with Crippen LogP contribution in [0.25, 0.3) is 0 Å². The molecule has 1 aliphatic heterocycles. The molecule has 4 nitrogen and oxygen atoms in total. The molecule has 1 amide bonds. The van der Waals surface area contributed by atoms with Crippen molar-refractivity contribution in [2.24, 2.45) is 0 Å². The van der Waals surface area contributed by atoms with Crippen molar-refractivity contribution in [1.82, 2.24) is 9.80 Å². The van der Waals surface area contributed by atoms with E-state index < -0.39 is 18.3 Å². The normalized spacial score (nSPS) is 24.1. The number of halogens is 3. The third-order valence-electron chi connectivity index (χ3n) is 2.46. The van der Waals surface area contributed by atoms with Gasteiger partial charge in [0.1, 0.15) is 6.04 Å². The molecule has 88 valence electrons. The van der Waals surface area contributed by atoms with Crippen LogP contribution in [0.3, 0.4) is 0 Å². The van der Waals surface area contributed by atoms with E-state index in [0.29, 0.717) is 0 Å². The number of amides is 1. The molecule has 1 fully saturated rings. The lowest BCUT2D eigenvalue weighted by Crippen LogP contribution is -2.58. The fraction of sp³-hybridized carbons (Fsp3) is 0.875. The van der Waals surface area contributed by atoms with Crippen molar-refractivity contribution in [2.45, 2.75) is 12.2 Å². The van der Waals surface area contributed by atoms with Crippen LogP contribution >= 0.6 is 0 Å². The van der Waals surface area contributed by atoms with Crippen LogP contribution in [-0.4, -0.2) is 61.9 Å². The number of carbonyl (C=O) groups is 1. The van der Waals surface area contributed by atoms with Gasteiger partial charge in [0.05, 0.1) is 7.11 Å². The van der Waals surface area contributed by atoms with Crippen molar-refractivity contribution < 1.29 is 22.7 Å². The Balaban J connectivity index is 2.68. The quantitative estimate of drug-likeness (QED) is 0.616. The predicted octanol–water partition coefficient (Wildman–Crippen LogP) is 0.931. The van der Waals surface area contributed by atoms with Gasteiger partial charge in [-0.3, -0.25) is 4.90 Å². The first-order valence-electron chi connectivity index (χ1n) is 4.46. The molecule has 15 heavy (non-hydrogen) atoms. The SMILES string of the molecule is COC(=O)N1CCN(C)C(C(F)(F)F)C1. The highest BCUT2D eigenvalue weighted by atomic mass is 19.4. The molecule has 0 radical (unpaired) electrons. The highest BCUT2D eigenvalue weighted by molar-refractivity contribution is 5.67. The molecule has 1 heterocycles. The minimum Gasteiger partial charge on any atom is -0.453 e. The molecule has 0 aromatic heterocycles. The molecule has 1 aliphatic rings. The third kappa shape index (κ3) is 2.74. The topological polar surface area (TPSA) is 32.8 Å². The van der Waals surface area contributed by atoms with Gasteiger partial charge in [-0.2, -0.15) is 13.2 Å². The molecule has 1 unspecified atom stereocenters. The van der Waals surface area contributed by atoms with Gasteiger partial charge < -0.3 is 9.64 Å². The van der Waals surface area contributed by atoms with Crippen LogP contribution in [0.2, 0.25) is 0 Å². The van der Waals surface area contributed by atoms with E-state index in [9.17, 15) is 18.0 Å². The fourth-order valence-electron chi connectivity index (χ4n) is 1.52. The summed E-state index contributed by atoms with van der Waals surface area (Å²) in [5.74, 6) is 0. The number of hydrogen-bond donors (Lipinski definition) is 0. The van der Waals surface area contributed by atoms with Crippen molar-refractivity contribution in [3.05, 3.63) is 0 Å². The highest BCUT2D eigenvalue weighted by Gasteiger charge is 2.46. The lowest BCUT2D eigenvalue weighted by atomic mass is 10.2. The molecule has 1 rings (SSSR count). The van der Waals surface area contributed by atoms with Crippen molar-refractivity contribution in [2.75, 3.05) is 33.8 Å². The van der Waals surface area contributed by atoms with Crippen LogP contribution in [0, 0.1) is 0 Å². The number of piperazine rings is 1. The number of rotatable bonds is 0. The first-order chi connectivity index (χ1) is 6.86. The molecule has 0 aromatic rings. The maximum Gasteiger partial charge on any atom is 0.409 e. The molecule has 0 saturated carbocycles. The standard InChI is InChI=1S/C8H13F3N2O2/c1-12-3-4-13(7(14)15-2)5-6(12)8(9,10)11/h6H,3-5H2,1-2H3. The molecule has 1 saturated heterocycles. The fourth-order valence-corrected chi connectivity index (χ4v) is 1.52. The summed E-state index contributed by atoms with van der Waals surface area (Å²) >= 11 is 0. The number of likely N-dealkylation sites (N-methyl/N-ethyl adjacent to an activating group) is 1. The molecule has 0 aliphatic carbocycles. The Hall–Kier alpha value is -0.980. The van der Waals surface area contributed by atoms with Crippen LogP contribution in [-0.2, 0) is 4.74 Å².